The van der Waals surface area contributed by atoms with Gasteiger partial charge in [0.05, 0.1) is 6.26 Å². The van der Waals surface area contributed by atoms with Crippen molar-refractivity contribution in [2.75, 3.05) is 32.4 Å². The molecule has 1 amide bonds. The minimum Gasteiger partial charge on any atom is -0.335 e. The molecule has 106 valence electrons. The second kappa shape index (κ2) is 5.53. The van der Waals surface area contributed by atoms with Crippen LogP contribution in [0.3, 0.4) is 0 Å². The van der Waals surface area contributed by atoms with Crippen LogP contribution in [0.15, 0.2) is 5.38 Å². The molecule has 1 aromatic rings. The summed E-state index contributed by atoms with van der Waals surface area (Å²) in [6.07, 6.45) is 1.18. The molecular weight excluding hydrogens is 288 g/mol. The fraction of sp³-hybridized carbons (Fsp3) is 0.600. The van der Waals surface area contributed by atoms with Crippen LogP contribution in [-0.2, 0) is 16.6 Å². The largest absolute Gasteiger partial charge is 0.335 e. The summed E-state index contributed by atoms with van der Waals surface area (Å²) in [6, 6.07) is 0. The normalized spacial score (nSPS) is 17.7. The highest BCUT2D eigenvalue weighted by Crippen LogP contribution is 2.13. The van der Waals surface area contributed by atoms with E-state index in [1.165, 1.54) is 21.9 Å². The lowest BCUT2D eigenvalue weighted by atomic mass is 10.3. The van der Waals surface area contributed by atoms with Gasteiger partial charge >= 0.3 is 0 Å². The van der Waals surface area contributed by atoms with Crippen molar-refractivity contribution >= 4 is 27.3 Å². The molecule has 19 heavy (non-hydrogen) atoms. The molecule has 7 nitrogen and oxygen atoms in total. The first kappa shape index (κ1) is 14.4. The highest BCUT2D eigenvalue weighted by Gasteiger charge is 2.27. The van der Waals surface area contributed by atoms with E-state index in [4.69, 9.17) is 5.73 Å². The predicted molar refractivity (Wildman–Crippen MR) is 72.3 cm³/mol. The van der Waals surface area contributed by atoms with Crippen LogP contribution in [0.1, 0.15) is 15.5 Å². The Morgan fingerprint density at radius 2 is 2.05 bits per heavy atom. The molecule has 1 aromatic heterocycles. The lowest BCUT2D eigenvalue weighted by Gasteiger charge is -2.32. The zero-order valence-corrected chi connectivity index (χ0v) is 12.2. The highest BCUT2D eigenvalue weighted by atomic mass is 32.2. The molecule has 1 saturated heterocycles. The first-order chi connectivity index (χ1) is 8.91. The number of sulfonamides is 1. The second-order valence-electron chi connectivity index (χ2n) is 4.28. The third-order valence-electron chi connectivity index (χ3n) is 2.94. The average Bonchev–Trinajstić information content (AvgIpc) is 2.86. The van der Waals surface area contributed by atoms with Crippen LogP contribution in [0, 0.1) is 0 Å². The summed E-state index contributed by atoms with van der Waals surface area (Å²) in [5, 5.41) is 2.41. The average molecular weight is 304 g/mol. The fourth-order valence-corrected chi connectivity index (χ4v) is 3.36. The van der Waals surface area contributed by atoms with Gasteiger partial charge < -0.3 is 10.6 Å². The Morgan fingerprint density at radius 3 is 2.53 bits per heavy atom. The van der Waals surface area contributed by atoms with E-state index < -0.39 is 10.0 Å². The molecule has 0 radical (unpaired) electrons. The topological polar surface area (TPSA) is 96.6 Å². The van der Waals surface area contributed by atoms with Gasteiger partial charge in [-0.2, -0.15) is 4.31 Å². The monoisotopic (exact) mass is 304 g/mol. The summed E-state index contributed by atoms with van der Waals surface area (Å²) < 4.78 is 24.1. The number of thiazole rings is 1. The van der Waals surface area contributed by atoms with E-state index in [1.807, 2.05) is 0 Å². The summed E-state index contributed by atoms with van der Waals surface area (Å²) in [4.78, 5) is 17.9. The van der Waals surface area contributed by atoms with Gasteiger partial charge in [0, 0.05) is 38.1 Å². The number of nitrogens with zero attached hydrogens (tertiary/aromatic N) is 3. The van der Waals surface area contributed by atoms with E-state index in [1.54, 1.807) is 10.3 Å². The molecule has 2 N–H and O–H groups in total. The molecule has 0 unspecified atom stereocenters. The summed E-state index contributed by atoms with van der Waals surface area (Å²) in [6.45, 7) is 1.76. The van der Waals surface area contributed by atoms with Gasteiger partial charge in [-0.05, 0) is 0 Å². The molecule has 2 heterocycles. The van der Waals surface area contributed by atoms with Crippen molar-refractivity contribution in [2.24, 2.45) is 5.73 Å². The number of hydrogen-bond acceptors (Lipinski definition) is 6. The predicted octanol–water partition coefficient (Wildman–Crippen LogP) is -0.681. The molecule has 0 aliphatic carbocycles. The van der Waals surface area contributed by atoms with Gasteiger partial charge in [0.25, 0.3) is 5.91 Å². The molecule has 0 bridgehead atoms. The zero-order valence-electron chi connectivity index (χ0n) is 10.6. The number of aromatic nitrogens is 1. The molecule has 1 aliphatic heterocycles. The first-order valence-corrected chi connectivity index (χ1v) is 8.53. The Labute approximate surface area is 116 Å². The zero-order chi connectivity index (χ0) is 14.0. The smallest absolute Gasteiger partial charge is 0.273 e. The Bertz CT molecular complexity index is 561. The van der Waals surface area contributed by atoms with Crippen LogP contribution < -0.4 is 5.73 Å². The Balaban J connectivity index is 1.99. The number of amides is 1. The van der Waals surface area contributed by atoms with Gasteiger partial charge in [0.15, 0.2) is 0 Å². The van der Waals surface area contributed by atoms with Crippen LogP contribution in [-0.4, -0.2) is 60.9 Å². The molecule has 2 rings (SSSR count). The second-order valence-corrected chi connectivity index (χ2v) is 7.21. The van der Waals surface area contributed by atoms with Gasteiger partial charge in [0.1, 0.15) is 10.7 Å². The van der Waals surface area contributed by atoms with Gasteiger partial charge in [-0.15, -0.1) is 11.3 Å². The Hall–Kier alpha value is -1.03. The Kier molecular flexibility index (Phi) is 4.19. The van der Waals surface area contributed by atoms with E-state index in [2.05, 4.69) is 4.98 Å². The van der Waals surface area contributed by atoms with Crippen molar-refractivity contribution < 1.29 is 13.2 Å². The molecule has 0 saturated carbocycles. The third kappa shape index (κ3) is 3.30. The van der Waals surface area contributed by atoms with Gasteiger partial charge in [-0.25, -0.2) is 13.4 Å². The van der Waals surface area contributed by atoms with E-state index >= 15 is 0 Å². The fourth-order valence-electron chi connectivity index (χ4n) is 1.89. The van der Waals surface area contributed by atoms with Crippen LogP contribution >= 0.6 is 11.3 Å². The lowest BCUT2D eigenvalue weighted by Crippen LogP contribution is -2.50. The van der Waals surface area contributed by atoms with Crippen LogP contribution in [0.25, 0.3) is 0 Å². The number of carbonyl (C=O) groups is 1. The van der Waals surface area contributed by atoms with Gasteiger partial charge in [-0.1, -0.05) is 0 Å². The highest BCUT2D eigenvalue weighted by molar-refractivity contribution is 7.88. The molecule has 1 aliphatic rings. The number of rotatable bonds is 3. The molecule has 0 spiro atoms. The minimum atomic E-state index is -3.17. The molecule has 0 atom stereocenters. The minimum absolute atomic E-state index is 0.163. The van der Waals surface area contributed by atoms with Crippen molar-refractivity contribution in [1.82, 2.24) is 14.2 Å². The van der Waals surface area contributed by atoms with Crippen LogP contribution in [0.5, 0.6) is 0 Å². The van der Waals surface area contributed by atoms with Crippen molar-refractivity contribution in [3.8, 4) is 0 Å². The van der Waals surface area contributed by atoms with Crippen molar-refractivity contribution in [2.45, 2.75) is 6.54 Å². The SMILES string of the molecule is CS(=O)(=O)N1CCN(C(=O)c2csc(CN)n2)CC1. The number of hydrogen-bond donors (Lipinski definition) is 1. The van der Waals surface area contributed by atoms with Crippen molar-refractivity contribution in [3.05, 3.63) is 16.1 Å². The number of nitrogens with two attached hydrogens (primary N) is 1. The number of piperazine rings is 1. The van der Waals surface area contributed by atoms with Gasteiger partial charge in [-0.3, -0.25) is 4.79 Å². The summed E-state index contributed by atoms with van der Waals surface area (Å²) in [5.41, 5.74) is 5.84. The maximum Gasteiger partial charge on any atom is 0.273 e. The van der Waals surface area contributed by atoms with Crippen LogP contribution in [0.4, 0.5) is 0 Å². The van der Waals surface area contributed by atoms with E-state index in [-0.39, 0.29) is 5.91 Å². The van der Waals surface area contributed by atoms with E-state index in [9.17, 15) is 13.2 Å². The number of carbonyl (C=O) groups excluding carboxylic acids is 1. The first-order valence-electron chi connectivity index (χ1n) is 5.80. The summed E-state index contributed by atoms with van der Waals surface area (Å²) in [7, 11) is -3.17. The summed E-state index contributed by atoms with van der Waals surface area (Å²) in [5.74, 6) is -0.163. The van der Waals surface area contributed by atoms with Crippen LogP contribution in [0.2, 0.25) is 0 Å². The summed E-state index contributed by atoms with van der Waals surface area (Å²) >= 11 is 1.36. The Morgan fingerprint density at radius 1 is 1.42 bits per heavy atom. The van der Waals surface area contributed by atoms with Crippen molar-refractivity contribution in [3.63, 3.8) is 0 Å². The van der Waals surface area contributed by atoms with E-state index in [0.29, 0.717) is 38.4 Å². The van der Waals surface area contributed by atoms with Gasteiger partial charge in [0.2, 0.25) is 10.0 Å². The molecule has 9 heteroatoms. The maximum atomic E-state index is 12.1. The quantitative estimate of drug-likeness (QED) is 0.798. The lowest BCUT2D eigenvalue weighted by molar-refractivity contribution is 0.0693. The standard InChI is InChI=1S/C10H16N4O3S2/c1-19(16,17)14-4-2-13(3-5-14)10(15)8-7-18-9(6-11)12-8/h7H,2-6,11H2,1H3. The van der Waals surface area contributed by atoms with Crippen molar-refractivity contribution in [1.29, 1.82) is 0 Å². The third-order valence-corrected chi connectivity index (χ3v) is 5.11. The maximum absolute atomic E-state index is 12.1. The molecule has 0 aromatic carbocycles. The molecule has 1 fully saturated rings. The van der Waals surface area contributed by atoms with E-state index in [0.717, 1.165) is 5.01 Å². The molecular formula is C10H16N4O3S2.